The Morgan fingerprint density at radius 2 is 1.92 bits per heavy atom. The first-order valence-electron chi connectivity index (χ1n) is 12.1. The van der Waals surface area contributed by atoms with Crippen molar-refractivity contribution in [2.75, 3.05) is 12.9 Å². The minimum Gasteiger partial charge on any atom is -0.496 e. The molecule has 3 aromatic rings. The maximum Gasteiger partial charge on any atom is 0.335 e. The van der Waals surface area contributed by atoms with Crippen molar-refractivity contribution >= 4 is 35.0 Å². The number of thioether (sulfide) groups is 1. The van der Waals surface area contributed by atoms with Gasteiger partial charge in [-0.05, 0) is 49.9 Å². The van der Waals surface area contributed by atoms with Crippen LogP contribution < -0.4 is 4.74 Å². The number of esters is 1. The minimum atomic E-state index is -1.30. The third-order valence-corrected chi connectivity index (χ3v) is 8.45. The van der Waals surface area contributed by atoms with Crippen LogP contribution in [0.4, 0.5) is 0 Å². The maximum absolute atomic E-state index is 14.4. The minimum absolute atomic E-state index is 0.159. The SMILES string of the molecule is COc1cc(C(=O)N2C(c3nccs3)SCC2(Cn2cccn2)C(=O)OC(C)(C)C)ccc1C(C)(C)C. The Hall–Kier alpha value is -2.85. The maximum atomic E-state index is 14.4. The lowest BCUT2D eigenvalue weighted by atomic mass is 9.85. The average molecular weight is 543 g/mol. The van der Waals surface area contributed by atoms with E-state index in [-0.39, 0.29) is 17.9 Å². The number of hydrogen-bond acceptors (Lipinski definition) is 8. The highest BCUT2D eigenvalue weighted by Gasteiger charge is 2.58. The van der Waals surface area contributed by atoms with E-state index >= 15 is 0 Å². The van der Waals surface area contributed by atoms with Gasteiger partial charge in [-0.2, -0.15) is 5.10 Å². The largest absolute Gasteiger partial charge is 0.496 e. The first-order chi connectivity index (χ1) is 17.4. The average Bonchev–Trinajstić information content (AvgIpc) is 3.58. The van der Waals surface area contributed by atoms with E-state index in [1.165, 1.54) is 23.1 Å². The van der Waals surface area contributed by atoms with Crippen molar-refractivity contribution in [1.82, 2.24) is 19.7 Å². The van der Waals surface area contributed by atoms with E-state index in [0.29, 0.717) is 17.1 Å². The molecule has 0 saturated carbocycles. The second-order valence-electron chi connectivity index (χ2n) is 11.1. The van der Waals surface area contributed by atoms with E-state index in [2.05, 4.69) is 30.9 Å². The van der Waals surface area contributed by atoms with Gasteiger partial charge in [0.1, 0.15) is 21.7 Å². The highest BCUT2D eigenvalue weighted by Crippen LogP contribution is 2.49. The van der Waals surface area contributed by atoms with Gasteiger partial charge in [0.15, 0.2) is 5.54 Å². The summed E-state index contributed by atoms with van der Waals surface area (Å²) in [5.41, 5.74) is -0.770. The van der Waals surface area contributed by atoms with Gasteiger partial charge in [0.05, 0.1) is 13.7 Å². The summed E-state index contributed by atoms with van der Waals surface area (Å²) in [4.78, 5) is 34.5. The quantitative estimate of drug-likeness (QED) is 0.390. The Morgan fingerprint density at radius 3 is 2.49 bits per heavy atom. The van der Waals surface area contributed by atoms with Crippen LogP contribution >= 0.6 is 23.1 Å². The zero-order valence-corrected chi connectivity index (χ0v) is 24.0. The Balaban J connectivity index is 1.86. The third-order valence-electron chi connectivity index (χ3n) is 6.08. The molecule has 1 fully saturated rings. The molecule has 37 heavy (non-hydrogen) atoms. The molecule has 4 rings (SSSR count). The first kappa shape index (κ1) is 27.2. The summed E-state index contributed by atoms with van der Waals surface area (Å²) in [6.07, 6.45) is 5.16. The highest BCUT2D eigenvalue weighted by atomic mass is 32.2. The fourth-order valence-electron chi connectivity index (χ4n) is 4.39. The lowest BCUT2D eigenvalue weighted by molar-refractivity contribution is -0.168. The van der Waals surface area contributed by atoms with Crippen LogP contribution in [0, 0.1) is 0 Å². The van der Waals surface area contributed by atoms with Crippen LogP contribution in [0.3, 0.4) is 0 Å². The molecule has 8 nitrogen and oxygen atoms in total. The number of thiazole rings is 1. The van der Waals surface area contributed by atoms with Crippen molar-refractivity contribution < 1.29 is 19.1 Å². The zero-order chi connectivity index (χ0) is 27.0. The summed E-state index contributed by atoms with van der Waals surface area (Å²) in [5, 5.41) is 6.53. The fourth-order valence-corrected chi connectivity index (χ4v) is 6.79. The van der Waals surface area contributed by atoms with Crippen molar-refractivity contribution in [3.63, 3.8) is 0 Å². The van der Waals surface area contributed by atoms with Crippen molar-refractivity contribution in [2.45, 2.75) is 70.0 Å². The van der Waals surface area contributed by atoms with E-state index in [9.17, 15) is 9.59 Å². The predicted octanol–water partition coefficient (Wildman–Crippen LogP) is 5.31. The fraction of sp³-hybridized carbons (Fsp3) is 0.481. The lowest BCUT2D eigenvalue weighted by Crippen LogP contribution is -2.59. The number of amides is 1. The van der Waals surface area contributed by atoms with Crippen LogP contribution in [0.25, 0.3) is 0 Å². The van der Waals surface area contributed by atoms with E-state index < -0.39 is 22.5 Å². The normalized spacial score (nSPS) is 20.2. The summed E-state index contributed by atoms with van der Waals surface area (Å²) in [5.74, 6) is 0.219. The van der Waals surface area contributed by atoms with Gasteiger partial charge >= 0.3 is 5.97 Å². The molecule has 10 heteroatoms. The van der Waals surface area contributed by atoms with Crippen molar-refractivity contribution in [3.05, 3.63) is 64.4 Å². The topological polar surface area (TPSA) is 86.5 Å². The van der Waals surface area contributed by atoms with Crippen LogP contribution in [-0.2, 0) is 21.5 Å². The van der Waals surface area contributed by atoms with Crippen LogP contribution in [0.5, 0.6) is 5.75 Å². The molecule has 1 saturated heterocycles. The van der Waals surface area contributed by atoms with E-state index in [1.54, 1.807) is 53.5 Å². The van der Waals surface area contributed by atoms with Crippen molar-refractivity contribution in [2.24, 2.45) is 0 Å². The molecule has 1 amide bonds. The van der Waals surface area contributed by atoms with Crippen molar-refractivity contribution in [3.8, 4) is 5.75 Å². The number of aromatic nitrogens is 3. The Labute approximate surface area is 226 Å². The van der Waals surface area contributed by atoms with Gasteiger partial charge in [0.2, 0.25) is 0 Å². The molecule has 3 heterocycles. The number of benzene rings is 1. The van der Waals surface area contributed by atoms with Crippen LogP contribution in [0.2, 0.25) is 0 Å². The zero-order valence-electron chi connectivity index (χ0n) is 22.3. The number of rotatable bonds is 6. The smallest absolute Gasteiger partial charge is 0.335 e. The van der Waals surface area contributed by atoms with Gasteiger partial charge < -0.3 is 14.4 Å². The standard InChI is InChI=1S/C27H34N4O4S2/c1-25(2,3)19-10-9-18(15-20(19)34-7)22(32)31-23(21-28-12-14-36-21)37-17-27(31,16-30-13-8-11-29-30)24(33)35-26(4,5)6/h8-15,23H,16-17H2,1-7H3. The summed E-state index contributed by atoms with van der Waals surface area (Å²) in [6.45, 7) is 11.9. The van der Waals surface area contributed by atoms with Gasteiger partial charge in [-0.3, -0.25) is 9.48 Å². The molecule has 0 spiro atoms. The number of ether oxygens (including phenoxy) is 2. The Kier molecular flexibility index (Phi) is 7.45. The highest BCUT2D eigenvalue weighted by molar-refractivity contribution is 8.00. The molecule has 0 radical (unpaired) electrons. The Morgan fingerprint density at radius 1 is 1.16 bits per heavy atom. The van der Waals surface area contributed by atoms with Crippen LogP contribution in [-0.4, -0.2) is 55.5 Å². The summed E-state index contributed by atoms with van der Waals surface area (Å²) in [7, 11) is 1.60. The second kappa shape index (κ2) is 10.1. The molecule has 1 aromatic carbocycles. The van der Waals surface area contributed by atoms with Crippen LogP contribution in [0.15, 0.2) is 48.2 Å². The van der Waals surface area contributed by atoms with Gasteiger partial charge in [-0.1, -0.05) is 26.8 Å². The third kappa shape index (κ3) is 5.55. The summed E-state index contributed by atoms with van der Waals surface area (Å²) in [6, 6.07) is 7.29. The molecule has 1 aliphatic rings. The second-order valence-corrected chi connectivity index (χ2v) is 13.1. The molecular formula is C27H34N4O4S2. The molecular weight excluding hydrogens is 508 g/mol. The van der Waals surface area contributed by atoms with Gasteiger partial charge in [0.25, 0.3) is 5.91 Å². The molecule has 0 bridgehead atoms. The summed E-state index contributed by atoms with van der Waals surface area (Å²) < 4.78 is 13.3. The number of methoxy groups -OCH3 is 1. The molecule has 2 aromatic heterocycles. The molecule has 0 aliphatic carbocycles. The van der Waals surface area contributed by atoms with Gasteiger partial charge in [-0.15, -0.1) is 23.1 Å². The van der Waals surface area contributed by atoms with E-state index in [0.717, 1.165) is 10.6 Å². The molecule has 198 valence electrons. The number of nitrogens with zero attached hydrogens (tertiary/aromatic N) is 4. The molecule has 0 N–H and O–H groups in total. The molecule has 1 aliphatic heterocycles. The number of hydrogen-bond donors (Lipinski definition) is 0. The predicted molar refractivity (Wildman–Crippen MR) is 146 cm³/mol. The Bertz CT molecular complexity index is 1250. The number of carbonyl (C=O) groups excluding carboxylic acids is 2. The van der Waals surface area contributed by atoms with Gasteiger partial charge in [0, 0.05) is 35.3 Å². The molecule has 2 atom stereocenters. The van der Waals surface area contributed by atoms with Crippen LogP contribution in [0.1, 0.15) is 67.8 Å². The van der Waals surface area contributed by atoms with E-state index in [4.69, 9.17) is 9.47 Å². The molecule has 2 unspecified atom stereocenters. The van der Waals surface area contributed by atoms with Gasteiger partial charge in [-0.25, -0.2) is 9.78 Å². The first-order valence-corrected chi connectivity index (χ1v) is 14.0. The van der Waals surface area contributed by atoms with E-state index in [1.807, 2.05) is 32.2 Å². The van der Waals surface area contributed by atoms with Crippen molar-refractivity contribution in [1.29, 1.82) is 0 Å². The monoisotopic (exact) mass is 542 g/mol. The number of carbonyl (C=O) groups is 2. The lowest BCUT2D eigenvalue weighted by Gasteiger charge is -2.39. The summed E-state index contributed by atoms with van der Waals surface area (Å²) >= 11 is 2.97.